The van der Waals surface area contributed by atoms with E-state index in [1.807, 2.05) is 42.5 Å². The first-order valence-corrected chi connectivity index (χ1v) is 8.66. The highest BCUT2D eigenvalue weighted by atomic mass is 16.5. The number of esters is 1. The quantitative estimate of drug-likeness (QED) is 0.668. The molecule has 1 amide bonds. The number of carbonyl (C=O) groups excluding carboxylic acids is 2. The van der Waals surface area contributed by atoms with Gasteiger partial charge in [0.1, 0.15) is 0 Å². The molecule has 1 atom stereocenters. The summed E-state index contributed by atoms with van der Waals surface area (Å²) in [5, 5.41) is 4.79. The average Bonchev–Trinajstić information content (AvgIpc) is 2.69. The SMILES string of the molecule is COCc1ccc(C(=O)O[C@H](C)C(=O)Nc2cccc3ccccc23)cc1. The van der Waals surface area contributed by atoms with Crippen molar-refractivity contribution >= 4 is 28.3 Å². The Morgan fingerprint density at radius 3 is 2.41 bits per heavy atom. The first-order chi connectivity index (χ1) is 13.1. The summed E-state index contributed by atoms with van der Waals surface area (Å²) in [4.78, 5) is 24.7. The third-order valence-corrected chi connectivity index (χ3v) is 4.20. The summed E-state index contributed by atoms with van der Waals surface area (Å²) in [5.41, 5.74) is 2.03. The van der Waals surface area contributed by atoms with E-state index in [2.05, 4.69) is 5.32 Å². The molecule has 3 aromatic carbocycles. The molecule has 0 bridgehead atoms. The minimum atomic E-state index is -0.921. The third kappa shape index (κ3) is 4.51. The van der Waals surface area contributed by atoms with Crippen LogP contribution in [0, 0.1) is 0 Å². The molecule has 0 saturated heterocycles. The molecule has 0 aliphatic heterocycles. The zero-order valence-corrected chi connectivity index (χ0v) is 15.3. The molecule has 5 heteroatoms. The smallest absolute Gasteiger partial charge is 0.338 e. The summed E-state index contributed by atoms with van der Waals surface area (Å²) < 4.78 is 10.3. The first kappa shape index (κ1) is 18.6. The predicted octanol–water partition coefficient (Wildman–Crippen LogP) is 4.17. The second-order valence-electron chi connectivity index (χ2n) is 6.19. The van der Waals surface area contributed by atoms with Crippen LogP contribution in [-0.2, 0) is 20.9 Å². The summed E-state index contributed by atoms with van der Waals surface area (Å²) in [7, 11) is 1.61. The van der Waals surface area contributed by atoms with E-state index < -0.39 is 12.1 Å². The van der Waals surface area contributed by atoms with Crippen LogP contribution in [0.15, 0.2) is 66.7 Å². The second kappa shape index (κ2) is 8.47. The highest BCUT2D eigenvalue weighted by molar-refractivity contribution is 6.04. The molecule has 0 saturated carbocycles. The van der Waals surface area contributed by atoms with E-state index in [9.17, 15) is 9.59 Å². The van der Waals surface area contributed by atoms with Crippen LogP contribution in [0.25, 0.3) is 10.8 Å². The Labute approximate surface area is 157 Å². The summed E-state index contributed by atoms with van der Waals surface area (Å²) in [6, 6.07) is 20.3. The Kier molecular flexibility index (Phi) is 5.84. The summed E-state index contributed by atoms with van der Waals surface area (Å²) >= 11 is 0. The second-order valence-corrected chi connectivity index (χ2v) is 6.19. The van der Waals surface area contributed by atoms with Crippen molar-refractivity contribution in [2.24, 2.45) is 0 Å². The molecule has 0 aliphatic carbocycles. The van der Waals surface area contributed by atoms with Gasteiger partial charge < -0.3 is 14.8 Å². The minimum Gasteiger partial charge on any atom is -0.449 e. The van der Waals surface area contributed by atoms with Crippen LogP contribution in [0.3, 0.4) is 0 Å². The summed E-state index contributed by atoms with van der Waals surface area (Å²) in [5.74, 6) is -0.921. The minimum absolute atomic E-state index is 0.379. The van der Waals surface area contributed by atoms with Gasteiger partial charge in [-0.15, -0.1) is 0 Å². The topological polar surface area (TPSA) is 64.6 Å². The molecule has 0 fully saturated rings. The van der Waals surface area contributed by atoms with Gasteiger partial charge in [0.2, 0.25) is 0 Å². The number of ether oxygens (including phenoxy) is 2. The van der Waals surface area contributed by atoms with E-state index >= 15 is 0 Å². The first-order valence-electron chi connectivity index (χ1n) is 8.66. The van der Waals surface area contributed by atoms with Gasteiger partial charge in [0.05, 0.1) is 12.2 Å². The van der Waals surface area contributed by atoms with Crippen LogP contribution in [0.4, 0.5) is 5.69 Å². The van der Waals surface area contributed by atoms with E-state index in [1.165, 1.54) is 0 Å². The van der Waals surface area contributed by atoms with Gasteiger partial charge in [0.25, 0.3) is 5.91 Å². The number of nitrogens with one attached hydrogen (secondary N) is 1. The van der Waals surface area contributed by atoms with Gasteiger partial charge in [0, 0.05) is 18.2 Å². The maximum absolute atomic E-state index is 12.5. The molecule has 0 heterocycles. The lowest BCUT2D eigenvalue weighted by molar-refractivity contribution is -0.123. The van der Waals surface area contributed by atoms with E-state index in [0.29, 0.717) is 17.9 Å². The molecule has 1 N–H and O–H groups in total. The lowest BCUT2D eigenvalue weighted by Crippen LogP contribution is -2.30. The lowest BCUT2D eigenvalue weighted by atomic mass is 10.1. The van der Waals surface area contributed by atoms with Gasteiger partial charge in [0.15, 0.2) is 6.10 Å². The van der Waals surface area contributed by atoms with E-state index in [0.717, 1.165) is 16.3 Å². The Balaban J connectivity index is 1.65. The van der Waals surface area contributed by atoms with Gasteiger partial charge >= 0.3 is 5.97 Å². The van der Waals surface area contributed by atoms with E-state index in [-0.39, 0.29) is 5.91 Å². The number of hydrogen-bond donors (Lipinski definition) is 1. The van der Waals surface area contributed by atoms with Crippen LogP contribution < -0.4 is 5.32 Å². The maximum atomic E-state index is 12.5. The molecule has 138 valence electrons. The van der Waals surface area contributed by atoms with E-state index in [1.54, 1.807) is 38.3 Å². The molecular formula is C22H21NO4. The van der Waals surface area contributed by atoms with Gasteiger partial charge in [-0.3, -0.25) is 4.79 Å². The zero-order chi connectivity index (χ0) is 19.2. The third-order valence-electron chi connectivity index (χ3n) is 4.20. The number of benzene rings is 3. The van der Waals surface area contributed by atoms with Crippen LogP contribution >= 0.6 is 0 Å². The number of fused-ring (bicyclic) bond motifs is 1. The molecule has 3 rings (SSSR count). The fourth-order valence-electron chi connectivity index (χ4n) is 2.75. The normalized spacial score (nSPS) is 11.8. The van der Waals surface area contributed by atoms with Crippen LogP contribution in [-0.4, -0.2) is 25.1 Å². The van der Waals surface area contributed by atoms with Gasteiger partial charge in [-0.25, -0.2) is 4.79 Å². The molecule has 0 unspecified atom stereocenters. The molecule has 3 aromatic rings. The fourth-order valence-corrected chi connectivity index (χ4v) is 2.75. The van der Waals surface area contributed by atoms with Gasteiger partial charge in [-0.05, 0) is 36.1 Å². The summed E-state index contributed by atoms with van der Waals surface area (Å²) in [6.07, 6.45) is -0.921. The molecule has 0 spiro atoms. The van der Waals surface area contributed by atoms with Gasteiger partial charge in [-0.2, -0.15) is 0 Å². The van der Waals surface area contributed by atoms with Crippen molar-refractivity contribution in [1.82, 2.24) is 0 Å². The van der Waals surface area contributed by atoms with Crippen LogP contribution in [0.5, 0.6) is 0 Å². The van der Waals surface area contributed by atoms with Crippen molar-refractivity contribution < 1.29 is 19.1 Å². The molecule has 0 aliphatic rings. The lowest BCUT2D eigenvalue weighted by Gasteiger charge is -2.15. The number of carbonyl (C=O) groups is 2. The largest absolute Gasteiger partial charge is 0.449 e. The summed E-state index contributed by atoms with van der Waals surface area (Å²) in [6.45, 7) is 2.02. The Hall–Kier alpha value is -3.18. The van der Waals surface area contributed by atoms with Crippen LogP contribution in [0.2, 0.25) is 0 Å². The molecule has 0 radical (unpaired) electrons. The highest BCUT2D eigenvalue weighted by Crippen LogP contribution is 2.23. The number of methoxy groups -OCH3 is 1. The number of hydrogen-bond acceptors (Lipinski definition) is 4. The van der Waals surface area contributed by atoms with Crippen molar-refractivity contribution in [3.8, 4) is 0 Å². The standard InChI is InChI=1S/C22H21NO4/c1-15(27-22(25)18-12-10-16(11-13-18)14-26-2)21(24)23-20-9-5-7-17-6-3-4-8-19(17)20/h3-13,15H,14H2,1-2H3,(H,23,24)/t15-/m1/s1. The monoisotopic (exact) mass is 363 g/mol. The Bertz CT molecular complexity index is 945. The van der Waals surface area contributed by atoms with Crippen molar-refractivity contribution in [2.45, 2.75) is 19.6 Å². The van der Waals surface area contributed by atoms with Crippen molar-refractivity contribution in [2.75, 3.05) is 12.4 Å². The Morgan fingerprint density at radius 2 is 1.67 bits per heavy atom. The molecule has 27 heavy (non-hydrogen) atoms. The number of anilines is 1. The number of rotatable bonds is 6. The molecule has 0 aromatic heterocycles. The molecular weight excluding hydrogens is 342 g/mol. The van der Waals surface area contributed by atoms with Crippen molar-refractivity contribution in [3.63, 3.8) is 0 Å². The Morgan fingerprint density at radius 1 is 0.963 bits per heavy atom. The van der Waals surface area contributed by atoms with E-state index in [4.69, 9.17) is 9.47 Å². The number of amides is 1. The van der Waals surface area contributed by atoms with Crippen molar-refractivity contribution in [1.29, 1.82) is 0 Å². The van der Waals surface area contributed by atoms with Gasteiger partial charge in [-0.1, -0.05) is 48.5 Å². The molecule has 5 nitrogen and oxygen atoms in total. The zero-order valence-electron chi connectivity index (χ0n) is 15.3. The fraction of sp³-hybridized carbons (Fsp3) is 0.182. The van der Waals surface area contributed by atoms with Crippen molar-refractivity contribution in [3.05, 3.63) is 77.9 Å². The predicted molar refractivity (Wildman–Crippen MR) is 105 cm³/mol. The van der Waals surface area contributed by atoms with Crippen LogP contribution in [0.1, 0.15) is 22.8 Å². The average molecular weight is 363 g/mol. The maximum Gasteiger partial charge on any atom is 0.338 e. The highest BCUT2D eigenvalue weighted by Gasteiger charge is 2.19.